The van der Waals surface area contributed by atoms with Crippen LogP contribution in [-0.2, 0) is 21.1 Å². The molecule has 2 amide bonds. The predicted octanol–water partition coefficient (Wildman–Crippen LogP) is 3.47. The highest BCUT2D eigenvalue weighted by molar-refractivity contribution is 7.07. The van der Waals surface area contributed by atoms with Crippen LogP contribution in [0.1, 0.15) is 56.0 Å². The number of nitrogens with zero attached hydrogens (tertiary/aromatic N) is 2. The van der Waals surface area contributed by atoms with Gasteiger partial charge in [0.2, 0.25) is 5.91 Å². The number of amides is 2. The van der Waals surface area contributed by atoms with Crippen LogP contribution in [-0.4, -0.2) is 35.4 Å². The van der Waals surface area contributed by atoms with Crippen molar-refractivity contribution in [2.24, 2.45) is 16.3 Å². The van der Waals surface area contributed by atoms with Crippen molar-refractivity contribution in [1.29, 1.82) is 0 Å². The first-order valence-electron chi connectivity index (χ1n) is 11.1. The molecule has 0 aliphatic carbocycles. The number of ether oxygens (including phenoxy) is 1. The second-order valence-corrected chi connectivity index (χ2v) is 10.4. The number of thiazole rings is 1. The first-order chi connectivity index (χ1) is 15.6. The molecule has 3 rings (SSSR count). The molecule has 0 saturated carbocycles. The van der Waals surface area contributed by atoms with Gasteiger partial charge in [0.1, 0.15) is 0 Å². The third kappa shape index (κ3) is 7.36. The lowest BCUT2D eigenvalue weighted by molar-refractivity contribution is -0.153. The molecular formula is C24H32N4O4S. The number of piperidine rings is 1. The highest BCUT2D eigenvalue weighted by Crippen LogP contribution is 2.22. The van der Waals surface area contributed by atoms with Crippen molar-refractivity contribution in [2.75, 3.05) is 18.4 Å². The van der Waals surface area contributed by atoms with Gasteiger partial charge in [-0.1, -0.05) is 20.8 Å². The van der Waals surface area contributed by atoms with Gasteiger partial charge in [-0.2, -0.15) is 4.99 Å². The molecule has 1 aliphatic heterocycles. The monoisotopic (exact) mass is 472 g/mol. The fourth-order valence-electron chi connectivity index (χ4n) is 3.56. The Hall–Kier alpha value is -2.78. The quantitative estimate of drug-likeness (QED) is 0.627. The zero-order valence-electron chi connectivity index (χ0n) is 19.6. The lowest BCUT2D eigenvalue weighted by Crippen LogP contribution is -2.33. The van der Waals surface area contributed by atoms with Crippen LogP contribution >= 0.6 is 11.3 Å². The van der Waals surface area contributed by atoms with Crippen LogP contribution in [0.4, 0.5) is 5.69 Å². The molecule has 1 saturated heterocycles. The van der Waals surface area contributed by atoms with Crippen LogP contribution in [0.2, 0.25) is 0 Å². The highest BCUT2D eigenvalue weighted by Gasteiger charge is 2.22. The summed E-state index contributed by atoms with van der Waals surface area (Å²) >= 11 is 1.30. The number of hydrogen-bond donors (Lipinski definition) is 2. The predicted molar refractivity (Wildman–Crippen MR) is 128 cm³/mol. The summed E-state index contributed by atoms with van der Waals surface area (Å²) in [5, 5.41) is 7.93. The first-order valence-corrected chi connectivity index (χ1v) is 12.0. The fourth-order valence-corrected chi connectivity index (χ4v) is 4.27. The van der Waals surface area contributed by atoms with Crippen molar-refractivity contribution in [1.82, 2.24) is 9.88 Å². The van der Waals surface area contributed by atoms with Crippen molar-refractivity contribution in [2.45, 2.75) is 53.7 Å². The second kappa shape index (κ2) is 10.9. The molecule has 0 unspecified atom stereocenters. The van der Waals surface area contributed by atoms with Gasteiger partial charge in [0.05, 0.1) is 5.92 Å². The molecule has 8 nitrogen and oxygen atoms in total. The lowest BCUT2D eigenvalue weighted by atomic mass is 9.92. The van der Waals surface area contributed by atoms with Gasteiger partial charge in [-0.05, 0) is 62.0 Å². The summed E-state index contributed by atoms with van der Waals surface area (Å²) in [5.74, 6) is -0.760. The minimum absolute atomic E-state index is 0.0240. The Bertz CT molecular complexity index is 1070. The highest BCUT2D eigenvalue weighted by atomic mass is 32.1. The number of anilines is 1. The van der Waals surface area contributed by atoms with Gasteiger partial charge >= 0.3 is 5.97 Å². The molecule has 1 aliphatic rings. The average molecular weight is 473 g/mol. The van der Waals surface area contributed by atoms with E-state index in [-0.39, 0.29) is 29.9 Å². The zero-order chi connectivity index (χ0) is 24.0. The first kappa shape index (κ1) is 24.9. The summed E-state index contributed by atoms with van der Waals surface area (Å²) < 4.78 is 7.10. The summed E-state index contributed by atoms with van der Waals surface area (Å²) in [6.07, 6.45) is 3.69. The van der Waals surface area contributed by atoms with E-state index in [1.54, 1.807) is 34.3 Å². The molecule has 33 heavy (non-hydrogen) atoms. The number of rotatable bonds is 6. The van der Waals surface area contributed by atoms with E-state index in [9.17, 15) is 14.4 Å². The van der Waals surface area contributed by atoms with E-state index in [1.165, 1.54) is 11.3 Å². The molecule has 0 bridgehead atoms. The number of aromatic nitrogens is 1. The third-order valence-electron chi connectivity index (χ3n) is 5.31. The van der Waals surface area contributed by atoms with Crippen LogP contribution in [0.25, 0.3) is 0 Å². The molecular weight excluding hydrogens is 440 g/mol. The van der Waals surface area contributed by atoms with Gasteiger partial charge in [0, 0.05) is 29.2 Å². The Labute approximate surface area is 198 Å². The molecule has 1 aromatic heterocycles. The SMILES string of the molecule is Cc1cc(C(=O)N=c2sccn2COC(=O)C2CCNCC2)ccc1NC(=O)CC(C)(C)C. The van der Waals surface area contributed by atoms with Gasteiger partial charge in [0.15, 0.2) is 11.5 Å². The Morgan fingerprint density at radius 1 is 1.24 bits per heavy atom. The minimum Gasteiger partial charge on any atom is -0.444 e. The summed E-state index contributed by atoms with van der Waals surface area (Å²) in [5.41, 5.74) is 1.78. The Morgan fingerprint density at radius 3 is 2.64 bits per heavy atom. The van der Waals surface area contributed by atoms with E-state index in [0.29, 0.717) is 22.5 Å². The van der Waals surface area contributed by atoms with Crippen LogP contribution in [0.15, 0.2) is 34.8 Å². The van der Waals surface area contributed by atoms with Crippen molar-refractivity contribution in [3.63, 3.8) is 0 Å². The number of esters is 1. The summed E-state index contributed by atoms with van der Waals surface area (Å²) in [6.45, 7) is 9.53. The standard InChI is InChI=1S/C24H32N4O4S/c1-16-13-18(5-6-19(16)26-20(29)14-24(2,3)4)21(30)27-23-28(11-12-33-23)15-32-22(31)17-7-9-25-10-8-17/h5-6,11-13,17,25H,7-10,14-15H2,1-4H3,(H,26,29). The van der Waals surface area contributed by atoms with E-state index in [2.05, 4.69) is 15.6 Å². The topological polar surface area (TPSA) is 102 Å². The normalized spacial score (nSPS) is 15.3. The smallest absolute Gasteiger partial charge is 0.310 e. The second-order valence-electron chi connectivity index (χ2n) is 9.50. The van der Waals surface area contributed by atoms with E-state index >= 15 is 0 Å². The summed E-state index contributed by atoms with van der Waals surface area (Å²) in [6, 6.07) is 5.09. The Kier molecular flexibility index (Phi) is 8.20. The van der Waals surface area contributed by atoms with Crippen molar-refractivity contribution >= 4 is 34.8 Å². The molecule has 9 heteroatoms. The summed E-state index contributed by atoms with van der Waals surface area (Å²) in [4.78, 5) is 41.9. The molecule has 178 valence electrons. The molecule has 0 atom stereocenters. The zero-order valence-corrected chi connectivity index (χ0v) is 20.5. The maximum Gasteiger partial charge on any atom is 0.310 e. The molecule has 2 aromatic rings. The van der Waals surface area contributed by atoms with Crippen molar-refractivity contribution < 1.29 is 19.1 Å². The molecule has 0 radical (unpaired) electrons. The van der Waals surface area contributed by atoms with E-state index < -0.39 is 5.91 Å². The molecule has 2 heterocycles. The van der Waals surface area contributed by atoms with E-state index in [0.717, 1.165) is 31.5 Å². The number of hydrogen-bond acceptors (Lipinski definition) is 6. The number of nitrogens with one attached hydrogen (secondary N) is 2. The summed E-state index contributed by atoms with van der Waals surface area (Å²) in [7, 11) is 0. The van der Waals surface area contributed by atoms with Crippen LogP contribution in [0.3, 0.4) is 0 Å². The van der Waals surface area contributed by atoms with E-state index in [1.807, 2.05) is 27.7 Å². The molecule has 1 fully saturated rings. The number of carbonyl (C=O) groups excluding carboxylic acids is 3. The van der Waals surface area contributed by atoms with Gasteiger partial charge < -0.3 is 15.4 Å². The maximum absolute atomic E-state index is 12.7. The van der Waals surface area contributed by atoms with Crippen LogP contribution in [0, 0.1) is 18.3 Å². The minimum atomic E-state index is -0.397. The van der Waals surface area contributed by atoms with Crippen LogP contribution < -0.4 is 15.4 Å². The Morgan fingerprint density at radius 2 is 1.97 bits per heavy atom. The largest absolute Gasteiger partial charge is 0.444 e. The molecule has 1 aromatic carbocycles. The molecule has 2 N–H and O–H groups in total. The van der Waals surface area contributed by atoms with Gasteiger partial charge in [-0.25, -0.2) is 0 Å². The Balaban J connectivity index is 1.65. The molecule has 0 spiro atoms. The van der Waals surface area contributed by atoms with E-state index in [4.69, 9.17) is 4.74 Å². The van der Waals surface area contributed by atoms with Gasteiger partial charge in [-0.15, -0.1) is 11.3 Å². The van der Waals surface area contributed by atoms with Crippen molar-refractivity contribution in [3.05, 3.63) is 45.7 Å². The lowest BCUT2D eigenvalue weighted by Gasteiger charge is -2.20. The number of benzene rings is 1. The maximum atomic E-state index is 12.7. The average Bonchev–Trinajstić information content (AvgIpc) is 3.19. The number of aryl methyl sites for hydroxylation is 1. The van der Waals surface area contributed by atoms with Crippen LogP contribution in [0.5, 0.6) is 0 Å². The van der Waals surface area contributed by atoms with Gasteiger partial charge in [-0.3, -0.25) is 19.0 Å². The van der Waals surface area contributed by atoms with Crippen molar-refractivity contribution in [3.8, 4) is 0 Å². The third-order valence-corrected chi connectivity index (χ3v) is 6.11. The fraction of sp³-hybridized carbons (Fsp3) is 0.500. The van der Waals surface area contributed by atoms with Gasteiger partial charge in [0.25, 0.3) is 5.91 Å². The number of carbonyl (C=O) groups is 3.